The van der Waals surface area contributed by atoms with Gasteiger partial charge in [-0.1, -0.05) is 6.07 Å². The predicted molar refractivity (Wildman–Crippen MR) is 129 cm³/mol. The van der Waals surface area contributed by atoms with E-state index in [9.17, 15) is 25.5 Å². The van der Waals surface area contributed by atoms with Crippen molar-refractivity contribution in [3.63, 3.8) is 0 Å². The SMILES string of the molecule is COc1cc([C@@H]2Oc3cc(OCCO)c4c(c3C[C@H]2O)CCc2cc(O)ccc2-4)c(O)c(OC)c1O. The smallest absolute Gasteiger partial charge is 0.207 e. The van der Waals surface area contributed by atoms with E-state index < -0.39 is 12.2 Å². The van der Waals surface area contributed by atoms with E-state index in [0.29, 0.717) is 24.3 Å². The maximum atomic E-state index is 11.2. The summed E-state index contributed by atoms with van der Waals surface area (Å²) < 4.78 is 22.5. The van der Waals surface area contributed by atoms with Gasteiger partial charge in [-0.25, -0.2) is 0 Å². The van der Waals surface area contributed by atoms with E-state index in [0.717, 1.165) is 27.8 Å². The summed E-state index contributed by atoms with van der Waals surface area (Å²) in [7, 11) is 2.68. The van der Waals surface area contributed by atoms with Crippen molar-refractivity contribution in [1.29, 1.82) is 0 Å². The average Bonchev–Trinajstić information content (AvgIpc) is 2.87. The monoisotopic (exact) mass is 496 g/mol. The Morgan fingerprint density at radius 2 is 1.75 bits per heavy atom. The van der Waals surface area contributed by atoms with Crippen LogP contribution in [-0.2, 0) is 19.3 Å². The van der Waals surface area contributed by atoms with Crippen LogP contribution in [0.5, 0.6) is 40.2 Å². The number of phenols is 3. The first-order valence-electron chi connectivity index (χ1n) is 11.6. The van der Waals surface area contributed by atoms with Crippen molar-refractivity contribution >= 4 is 0 Å². The molecule has 3 aromatic carbocycles. The van der Waals surface area contributed by atoms with Crippen molar-refractivity contribution in [2.24, 2.45) is 0 Å². The number of fused-ring (bicyclic) bond motifs is 5. The molecule has 0 amide bonds. The highest BCUT2D eigenvalue weighted by Gasteiger charge is 2.37. The highest BCUT2D eigenvalue weighted by Crippen LogP contribution is 2.52. The molecule has 0 saturated heterocycles. The lowest BCUT2D eigenvalue weighted by atomic mass is 9.79. The van der Waals surface area contributed by atoms with Crippen LogP contribution in [0.15, 0.2) is 30.3 Å². The van der Waals surface area contributed by atoms with E-state index in [4.69, 9.17) is 18.9 Å². The summed E-state index contributed by atoms with van der Waals surface area (Å²) in [6.45, 7) is -0.0880. The molecule has 0 spiro atoms. The second-order valence-corrected chi connectivity index (χ2v) is 8.83. The number of ether oxygens (including phenoxy) is 4. The molecule has 36 heavy (non-hydrogen) atoms. The molecule has 1 heterocycles. The lowest BCUT2D eigenvalue weighted by molar-refractivity contribution is 0.0186. The van der Waals surface area contributed by atoms with E-state index >= 15 is 0 Å². The Hall–Kier alpha value is -3.82. The topological polar surface area (TPSA) is 138 Å². The molecule has 1 aliphatic heterocycles. The average molecular weight is 497 g/mol. The Kier molecular flexibility index (Phi) is 6.19. The highest BCUT2D eigenvalue weighted by molar-refractivity contribution is 5.82. The zero-order valence-electron chi connectivity index (χ0n) is 19.9. The summed E-state index contributed by atoms with van der Waals surface area (Å²) in [4.78, 5) is 0. The molecule has 9 heteroatoms. The number of benzene rings is 3. The van der Waals surface area contributed by atoms with Crippen LogP contribution in [-0.4, -0.2) is 59.1 Å². The molecule has 190 valence electrons. The molecule has 0 aromatic heterocycles. The van der Waals surface area contributed by atoms with Gasteiger partial charge in [0.15, 0.2) is 17.6 Å². The second kappa shape index (κ2) is 9.33. The molecule has 2 aliphatic rings. The Morgan fingerprint density at radius 3 is 2.47 bits per heavy atom. The zero-order chi connectivity index (χ0) is 25.6. The number of aryl methyl sites for hydroxylation is 1. The maximum Gasteiger partial charge on any atom is 0.207 e. The summed E-state index contributed by atoms with van der Waals surface area (Å²) in [6, 6.07) is 8.35. The number of aliphatic hydroxyl groups is 2. The Bertz CT molecular complexity index is 1320. The van der Waals surface area contributed by atoms with Crippen LogP contribution in [0.1, 0.15) is 28.4 Å². The summed E-state index contributed by atoms with van der Waals surface area (Å²) in [5.41, 5.74) is 4.78. The Balaban J connectivity index is 1.64. The number of hydrogen-bond donors (Lipinski definition) is 5. The number of aromatic hydroxyl groups is 3. The van der Waals surface area contributed by atoms with Crippen molar-refractivity contribution in [1.82, 2.24) is 0 Å². The van der Waals surface area contributed by atoms with Gasteiger partial charge in [0, 0.05) is 29.2 Å². The molecule has 0 bridgehead atoms. The van der Waals surface area contributed by atoms with Crippen molar-refractivity contribution in [2.45, 2.75) is 31.5 Å². The third-order valence-electron chi connectivity index (χ3n) is 6.79. The molecule has 2 atom stereocenters. The summed E-state index contributed by atoms with van der Waals surface area (Å²) in [6.07, 6.45) is -0.397. The van der Waals surface area contributed by atoms with Crippen LogP contribution in [0.2, 0.25) is 0 Å². The molecule has 0 unspecified atom stereocenters. The number of methoxy groups -OCH3 is 2. The largest absolute Gasteiger partial charge is 0.508 e. The first kappa shape index (κ1) is 23.9. The van der Waals surface area contributed by atoms with Crippen molar-refractivity contribution in [3.05, 3.63) is 52.6 Å². The molecule has 9 nitrogen and oxygen atoms in total. The standard InChI is InChI=1S/C27H28O9/c1-33-22-11-18(24(31)27(34-2)25(22)32)26-19(30)10-17-16-5-3-13-9-14(29)4-6-15(13)23(16)21(35-8-7-28)12-20(17)36-26/h4,6,9,11-12,19,26,28-32H,3,5,7-8,10H2,1-2H3/t19-,26+/m1/s1. The van der Waals surface area contributed by atoms with Gasteiger partial charge in [-0.2, -0.15) is 0 Å². The number of phenolic OH excluding ortho intramolecular Hbond substituents is 3. The zero-order valence-corrected chi connectivity index (χ0v) is 19.9. The molecular formula is C27H28O9. The molecule has 3 aromatic rings. The minimum Gasteiger partial charge on any atom is -0.508 e. The minimum atomic E-state index is -1.02. The fraction of sp³-hybridized carbons (Fsp3) is 0.333. The molecule has 5 rings (SSSR count). The van der Waals surface area contributed by atoms with Crippen molar-refractivity contribution in [2.75, 3.05) is 27.4 Å². The summed E-state index contributed by atoms with van der Waals surface area (Å²) in [5.74, 6) is 0.377. The van der Waals surface area contributed by atoms with Gasteiger partial charge < -0.3 is 44.5 Å². The molecule has 1 aliphatic carbocycles. The van der Waals surface area contributed by atoms with Gasteiger partial charge in [-0.15, -0.1) is 0 Å². The van der Waals surface area contributed by atoms with Crippen LogP contribution >= 0.6 is 0 Å². The summed E-state index contributed by atoms with van der Waals surface area (Å²) in [5, 5.41) is 51.6. The first-order valence-corrected chi connectivity index (χ1v) is 11.6. The first-order chi connectivity index (χ1) is 17.4. The van der Waals surface area contributed by atoms with Crippen LogP contribution in [0.25, 0.3) is 11.1 Å². The number of aliphatic hydroxyl groups excluding tert-OH is 2. The van der Waals surface area contributed by atoms with Gasteiger partial charge in [0.05, 0.1) is 26.9 Å². The number of hydrogen-bond acceptors (Lipinski definition) is 9. The maximum absolute atomic E-state index is 11.2. The van der Waals surface area contributed by atoms with Crippen LogP contribution in [0, 0.1) is 0 Å². The van der Waals surface area contributed by atoms with E-state index in [2.05, 4.69) is 0 Å². The van der Waals surface area contributed by atoms with Crippen LogP contribution in [0.4, 0.5) is 0 Å². The fourth-order valence-electron chi connectivity index (χ4n) is 5.19. The van der Waals surface area contributed by atoms with Gasteiger partial charge in [-0.3, -0.25) is 0 Å². The molecule has 5 N–H and O–H groups in total. The van der Waals surface area contributed by atoms with Crippen LogP contribution in [0.3, 0.4) is 0 Å². The van der Waals surface area contributed by atoms with Gasteiger partial charge in [-0.05, 0) is 47.7 Å². The molecular weight excluding hydrogens is 468 g/mol. The Morgan fingerprint density at radius 1 is 0.944 bits per heavy atom. The highest BCUT2D eigenvalue weighted by atomic mass is 16.5. The third kappa shape index (κ3) is 3.81. The Labute approximate surface area is 207 Å². The fourth-order valence-corrected chi connectivity index (χ4v) is 5.19. The molecule has 0 fully saturated rings. The minimum absolute atomic E-state index is 0.0681. The predicted octanol–water partition coefficient (Wildman–Crippen LogP) is 2.99. The lowest BCUT2D eigenvalue weighted by Crippen LogP contribution is -2.31. The molecule has 0 radical (unpaired) electrons. The van der Waals surface area contributed by atoms with Crippen molar-refractivity contribution in [3.8, 4) is 51.4 Å². The van der Waals surface area contributed by atoms with E-state index in [1.165, 1.54) is 20.3 Å². The lowest BCUT2D eigenvalue weighted by Gasteiger charge is -2.35. The number of rotatable bonds is 6. The quantitative estimate of drug-likeness (QED) is 0.349. The van der Waals surface area contributed by atoms with E-state index in [1.807, 2.05) is 6.07 Å². The van der Waals surface area contributed by atoms with E-state index in [-0.39, 0.29) is 53.9 Å². The second-order valence-electron chi connectivity index (χ2n) is 8.83. The van der Waals surface area contributed by atoms with Gasteiger partial charge in [0.1, 0.15) is 23.9 Å². The van der Waals surface area contributed by atoms with Crippen LogP contribution < -0.4 is 18.9 Å². The van der Waals surface area contributed by atoms with Crippen molar-refractivity contribution < 1.29 is 44.5 Å². The van der Waals surface area contributed by atoms with E-state index in [1.54, 1.807) is 18.2 Å². The normalized spacial score (nSPS) is 17.9. The van der Waals surface area contributed by atoms with Gasteiger partial charge >= 0.3 is 0 Å². The molecule has 0 saturated carbocycles. The summed E-state index contributed by atoms with van der Waals surface area (Å²) >= 11 is 0. The van der Waals surface area contributed by atoms with Gasteiger partial charge in [0.25, 0.3) is 0 Å². The third-order valence-corrected chi connectivity index (χ3v) is 6.79. The van der Waals surface area contributed by atoms with Gasteiger partial charge in [0.2, 0.25) is 11.5 Å².